The number of fused-ring (bicyclic) bond motifs is 1. The number of benzene rings is 2. The Morgan fingerprint density at radius 3 is 2.80 bits per heavy atom. The Kier molecular flexibility index (Phi) is 3.61. The van der Waals surface area contributed by atoms with Crippen molar-refractivity contribution >= 4 is 5.69 Å². The Bertz CT molecular complexity index is 610. The highest BCUT2D eigenvalue weighted by Gasteiger charge is 2.16. The molecule has 0 aliphatic carbocycles. The van der Waals surface area contributed by atoms with Crippen molar-refractivity contribution in [3.05, 3.63) is 59.2 Å². The van der Waals surface area contributed by atoms with Crippen molar-refractivity contribution < 1.29 is 4.74 Å². The van der Waals surface area contributed by atoms with Gasteiger partial charge in [-0.05, 0) is 54.8 Å². The van der Waals surface area contributed by atoms with E-state index in [4.69, 9.17) is 10.5 Å². The average Bonchev–Trinajstić information content (AvgIpc) is 2.48. The molecule has 2 aromatic carbocycles. The zero-order chi connectivity index (χ0) is 13.9. The molecule has 0 amide bonds. The summed E-state index contributed by atoms with van der Waals surface area (Å²) in [6, 6.07) is 14.7. The molecule has 2 aromatic rings. The van der Waals surface area contributed by atoms with Gasteiger partial charge >= 0.3 is 0 Å². The molecular weight excluding hydrogens is 248 g/mol. The molecule has 20 heavy (non-hydrogen) atoms. The van der Waals surface area contributed by atoms with Crippen LogP contribution in [0.4, 0.5) is 5.69 Å². The van der Waals surface area contributed by atoms with E-state index in [1.165, 1.54) is 16.7 Å². The molecule has 0 radical (unpaired) electrons. The summed E-state index contributed by atoms with van der Waals surface area (Å²) in [4.78, 5) is 0. The Balaban J connectivity index is 1.97. The largest absolute Gasteiger partial charge is 0.493 e. The topological polar surface area (TPSA) is 47.3 Å². The molecule has 0 saturated heterocycles. The van der Waals surface area contributed by atoms with Crippen molar-refractivity contribution in [2.45, 2.75) is 18.9 Å². The van der Waals surface area contributed by atoms with Gasteiger partial charge in [-0.25, -0.2) is 0 Å². The van der Waals surface area contributed by atoms with Gasteiger partial charge in [-0.3, -0.25) is 0 Å². The quantitative estimate of drug-likeness (QED) is 0.841. The number of aryl methyl sites for hydroxylation is 1. The lowest BCUT2D eigenvalue weighted by Crippen LogP contribution is -2.18. The standard InChI is InChI=1S/C17H20N2O/c1-19-17(13-4-2-6-15(18)11-13)14-7-8-16-12(10-14)5-3-9-20-16/h2,4,6-8,10-11,17,19H,3,5,9,18H2,1H3. The number of nitrogens with one attached hydrogen (secondary N) is 1. The van der Waals surface area contributed by atoms with Crippen LogP contribution in [0.2, 0.25) is 0 Å². The normalized spacial score (nSPS) is 15.2. The van der Waals surface area contributed by atoms with Crippen LogP contribution in [0.15, 0.2) is 42.5 Å². The van der Waals surface area contributed by atoms with E-state index in [2.05, 4.69) is 29.6 Å². The first kappa shape index (κ1) is 13.0. The maximum Gasteiger partial charge on any atom is 0.122 e. The first-order chi connectivity index (χ1) is 9.78. The molecule has 0 fully saturated rings. The summed E-state index contributed by atoms with van der Waals surface area (Å²) in [5.74, 6) is 1.03. The lowest BCUT2D eigenvalue weighted by molar-refractivity contribution is 0.288. The Morgan fingerprint density at radius 1 is 1.15 bits per heavy atom. The second-order valence-corrected chi connectivity index (χ2v) is 5.21. The van der Waals surface area contributed by atoms with Crippen molar-refractivity contribution in [3.63, 3.8) is 0 Å². The highest BCUT2D eigenvalue weighted by molar-refractivity contribution is 5.46. The van der Waals surface area contributed by atoms with Crippen LogP contribution in [0.5, 0.6) is 5.75 Å². The molecule has 104 valence electrons. The maximum absolute atomic E-state index is 5.89. The van der Waals surface area contributed by atoms with Crippen LogP contribution in [0.1, 0.15) is 29.2 Å². The van der Waals surface area contributed by atoms with Gasteiger partial charge in [0.25, 0.3) is 0 Å². The first-order valence-corrected chi connectivity index (χ1v) is 7.06. The third-order valence-corrected chi connectivity index (χ3v) is 3.80. The average molecular weight is 268 g/mol. The third kappa shape index (κ3) is 2.49. The van der Waals surface area contributed by atoms with Gasteiger partial charge in [-0.1, -0.05) is 24.3 Å². The summed E-state index contributed by atoms with van der Waals surface area (Å²) in [6.07, 6.45) is 2.19. The number of anilines is 1. The lowest BCUT2D eigenvalue weighted by Gasteiger charge is -2.22. The van der Waals surface area contributed by atoms with E-state index in [1.54, 1.807) is 0 Å². The van der Waals surface area contributed by atoms with Crippen molar-refractivity contribution in [3.8, 4) is 5.75 Å². The van der Waals surface area contributed by atoms with Gasteiger partial charge in [0.1, 0.15) is 5.75 Å². The van der Waals surface area contributed by atoms with Crippen LogP contribution in [-0.2, 0) is 6.42 Å². The summed E-state index contributed by atoms with van der Waals surface area (Å²) in [6.45, 7) is 0.830. The van der Waals surface area contributed by atoms with Gasteiger partial charge < -0.3 is 15.8 Å². The van der Waals surface area contributed by atoms with Crippen molar-refractivity contribution in [2.75, 3.05) is 19.4 Å². The second-order valence-electron chi connectivity index (χ2n) is 5.21. The van der Waals surface area contributed by atoms with Crippen LogP contribution in [-0.4, -0.2) is 13.7 Å². The molecule has 0 aromatic heterocycles. The van der Waals surface area contributed by atoms with Gasteiger partial charge in [-0.15, -0.1) is 0 Å². The summed E-state index contributed by atoms with van der Waals surface area (Å²) in [7, 11) is 1.98. The van der Waals surface area contributed by atoms with E-state index in [9.17, 15) is 0 Å². The second kappa shape index (κ2) is 5.55. The van der Waals surface area contributed by atoms with Crippen molar-refractivity contribution in [1.82, 2.24) is 5.32 Å². The van der Waals surface area contributed by atoms with Crippen LogP contribution in [0.25, 0.3) is 0 Å². The smallest absolute Gasteiger partial charge is 0.122 e. The van der Waals surface area contributed by atoms with Crippen LogP contribution >= 0.6 is 0 Å². The van der Waals surface area contributed by atoms with E-state index < -0.39 is 0 Å². The molecule has 0 spiro atoms. The van der Waals surface area contributed by atoms with Gasteiger partial charge in [0, 0.05) is 5.69 Å². The molecule has 1 atom stereocenters. The monoisotopic (exact) mass is 268 g/mol. The summed E-state index contributed by atoms with van der Waals surface area (Å²) in [5.41, 5.74) is 10.4. The molecule has 0 bridgehead atoms. The predicted octanol–water partition coefficient (Wildman–Crippen LogP) is 2.90. The van der Waals surface area contributed by atoms with E-state index in [0.29, 0.717) is 0 Å². The fraction of sp³-hybridized carbons (Fsp3) is 0.294. The minimum absolute atomic E-state index is 0.158. The van der Waals surface area contributed by atoms with Gasteiger partial charge in [0.15, 0.2) is 0 Å². The van der Waals surface area contributed by atoms with Gasteiger partial charge in [0.2, 0.25) is 0 Å². The Morgan fingerprint density at radius 2 is 2.00 bits per heavy atom. The molecular formula is C17H20N2O. The molecule has 1 aliphatic heterocycles. The minimum atomic E-state index is 0.158. The van der Waals surface area contributed by atoms with E-state index in [0.717, 1.165) is 30.9 Å². The van der Waals surface area contributed by atoms with Gasteiger partial charge in [0.05, 0.1) is 12.6 Å². The molecule has 3 nitrogen and oxygen atoms in total. The molecule has 1 aliphatic rings. The number of hydrogen-bond donors (Lipinski definition) is 2. The van der Waals surface area contributed by atoms with Crippen molar-refractivity contribution in [2.24, 2.45) is 0 Å². The summed E-state index contributed by atoms with van der Waals surface area (Å²) >= 11 is 0. The highest BCUT2D eigenvalue weighted by atomic mass is 16.5. The Hall–Kier alpha value is -2.00. The third-order valence-electron chi connectivity index (χ3n) is 3.80. The number of nitrogen functional groups attached to an aromatic ring is 1. The SMILES string of the molecule is CNC(c1cccc(N)c1)c1ccc2c(c1)CCCO2. The molecule has 1 heterocycles. The van der Waals surface area contributed by atoms with Crippen molar-refractivity contribution in [1.29, 1.82) is 0 Å². The maximum atomic E-state index is 5.89. The van der Waals surface area contributed by atoms with Crippen LogP contribution in [0, 0.1) is 0 Å². The molecule has 3 rings (SSSR count). The van der Waals surface area contributed by atoms with E-state index in [-0.39, 0.29) is 6.04 Å². The Labute approximate surface area is 119 Å². The minimum Gasteiger partial charge on any atom is -0.493 e. The molecule has 1 unspecified atom stereocenters. The predicted molar refractivity (Wildman–Crippen MR) is 82.0 cm³/mol. The highest BCUT2D eigenvalue weighted by Crippen LogP contribution is 2.30. The number of nitrogens with two attached hydrogens (primary N) is 1. The first-order valence-electron chi connectivity index (χ1n) is 7.06. The lowest BCUT2D eigenvalue weighted by atomic mass is 9.95. The van der Waals surface area contributed by atoms with E-state index in [1.807, 2.05) is 25.2 Å². The zero-order valence-electron chi connectivity index (χ0n) is 11.7. The van der Waals surface area contributed by atoms with E-state index >= 15 is 0 Å². The zero-order valence-corrected chi connectivity index (χ0v) is 11.7. The van der Waals surface area contributed by atoms with Gasteiger partial charge in [-0.2, -0.15) is 0 Å². The fourth-order valence-electron chi connectivity index (χ4n) is 2.82. The van der Waals surface area contributed by atoms with Crippen LogP contribution < -0.4 is 15.8 Å². The molecule has 3 heteroatoms. The fourth-order valence-corrected chi connectivity index (χ4v) is 2.82. The summed E-state index contributed by atoms with van der Waals surface area (Å²) < 4.78 is 5.68. The number of hydrogen-bond acceptors (Lipinski definition) is 3. The number of rotatable bonds is 3. The number of ether oxygens (including phenoxy) is 1. The molecule has 0 saturated carbocycles. The summed E-state index contributed by atoms with van der Waals surface area (Å²) in [5, 5.41) is 3.37. The van der Waals surface area contributed by atoms with Crippen LogP contribution in [0.3, 0.4) is 0 Å². The molecule has 3 N–H and O–H groups in total.